The van der Waals surface area contributed by atoms with E-state index in [-0.39, 0.29) is 0 Å². The summed E-state index contributed by atoms with van der Waals surface area (Å²) in [5.41, 5.74) is 0. The molecule has 0 radical (unpaired) electrons. The molecule has 2 rings (SSSR count). The molecular formula is C9H16. The number of hydrogen-bond donors (Lipinski definition) is 0. The van der Waals surface area contributed by atoms with Gasteiger partial charge in [-0.2, -0.15) is 0 Å². The van der Waals surface area contributed by atoms with Crippen LogP contribution in [0.15, 0.2) is 0 Å². The molecule has 2 aliphatic carbocycles. The smallest absolute Gasteiger partial charge is 0.0383 e. The summed E-state index contributed by atoms with van der Waals surface area (Å²) < 4.78 is 0. The van der Waals surface area contributed by atoms with E-state index in [0.717, 1.165) is 23.7 Å². The maximum Gasteiger partial charge on any atom is -0.0383 e. The number of hydrogen-bond acceptors (Lipinski definition) is 0. The molecule has 0 nitrogen and oxygen atoms in total. The molecule has 0 aromatic heterocycles. The van der Waals surface area contributed by atoms with Gasteiger partial charge in [-0.1, -0.05) is 13.8 Å². The highest BCUT2D eigenvalue weighted by molar-refractivity contribution is 4.92. The van der Waals surface area contributed by atoms with E-state index in [0.29, 0.717) is 0 Å². The Morgan fingerprint density at radius 2 is 1.33 bits per heavy atom. The summed E-state index contributed by atoms with van der Waals surface area (Å²) in [6.45, 7) is 4.88. The Bertz CT molecular complexity index is 99.2. The molecule has 52 valence electrons. The predicted molar refractivity (Wildman–Crippen MR) is 39.2 cm³/mol. The van der Waals surface area contributed by atoms with Crippen molar-refractivity contribution in [1.29, 1.82) is 0 Å². The average Bonchev–Trinajstić information content (AvgIpc) is 2.37. The molecule has 0 heteroatoms. The fourth-order valence-corrected chi connectivity index (χ4v) is 2.87. The summed E-state index contributed by atoms with van der Waals surface area (Å²) >= 11 is 0. The third-order valence-corrected chi connectivity index (χ3v) is 3.83. The molecule has 0 saturated heterocycles. The van der Waals surface area contributed by atoms with Crippen molar-refractivity contribution >= 4 is 0 Å². The van der Waals surface area contributed by atoms with Crippen molar-refractivity contribution in [2.75, 3.05) is 0 Å². The molecule has 9 heavy (non-hydrogen) atoms. The first-order valence-corrected chi connectivity index (χ1v) is 4.29. The van der Waals surface area contributed by atoms with E-state index in [2.05, 4.69) is 13.8 Å². The molecule has 0 heterocycles. The van der Waals surface area contributed by atoms with Gasteiger partial charge in [0.2, 0.25) is 0 Å². The Morgan fingerprint density at radius 1 is 0.889 bits per heavy atom. The van der Waals surface area contributed by atoms with E-state index in [4.69, 9.17) is 0 Å². The molecule has 2 aliphatic rings. The summed E-state index contributed by atoms with van der Waals surface area (Å²) in [5, 5.41) is 0. The second-order valence-corrected chi connectivity index (χ2v) is 4.05. The van der Waals surface area contributed by atoms with Gasteiger partial charge >= 0.3 is 0 Å². The zero-order valence-electron chi connectivity index (χ0n) is 6.43. The van der Waals surface area contributed by atoms with E-state index in [1.807, 2.05) is 0 Å². The van der Waals surface area contributed by atoms with Crippen molar-refractivity contribution in [1.82, 2.24) is 0 Å². The lowest BCUT2D eigenvalue weighted by atomic mass is 9.82. The average molecular weight is 124 g/mol. The van der Waals surface area contributed by atoms with Crippen LogP contribution in [0.5, 0.6) is 0 Å². The third kappa shape index (κ3) is 0.653. The monoisotopic (exact) mass is 124 g/mol. The Labute approximate surface area is 57.6 Å². The molecule has 2 fully saturated rings. The lowest BCUT2D eigenvalue weighted by molar-refractivity contribution is 0.259. The minimum absolute atomic E-state index is 1.05. The van der Waals surface area contributed by atoms with Crippen molar-refractivity contribution in [2.45, 2.75) is 33.1 Å². The maximum atomic E-state index is 2.44. The van der Waals surface area contributed by atoms with Crippen LogP contribution in [0, 0.1) is 23.7 Å². The first-order chi connectivity index (χ1) is 4.29. The molecule has 4 atom stereocenters. The quantitative estimate of drug-likeness (QED) is 0.465. The van der Waals surface area contributed by atoms with E-state index >= 15 is 0 Å². The zero-order valence-corrected chi connectivity index (χ0v) is 6.43. The molecule has 0 unspecified atom stereocenters. The number of rotatable bonds is 0. The maximum absolute atomic E-state index is 2.44. The highest BCUT2D eigenvalue weighted by Gasteiger charge is 2.42. The zero-order chi connectivity index (χ0) is 6.43. The van der Waals surface area contributed by atoms with Gasteiger partial charge in [-0.25, -0.2) is 0 Å². The van der Waals surface area contributed by atoms with Crippen molar-refractivity contribution in [3.63, 3.8) is 0 Å². The lowest BCUT2D eigenvalue weighted by Crippen LogP contribution is -2.15. The summed E-state index contributed by atoms with van der Waals surface area (Å²) in [5.74, 6) is 4.32. The van der Waals surface area contributed by atoms with Crippen LogP contribution in [-0.2, 0) is 0 Å². The van der Waals surface area contributed by atoms with Crippen molar-refractivity contribution in [3.8, 4) is 0 Å². The molecule has 0 aliphatic heterocycles. The highest BCUT2D eigenvalue weighted by atomic mass is 14.5. The largest absolute Gasteiger partial charge is 0.0620 e. The first-order valence-electron chi connectivity index (χ1n) is 4.29. The molecule has 0 N–H and O–H groups in total. The minimum Gasteiger partial charge on any atom is -0.0620 e. The van der Waals surface area contributed by atoms with Gasteiger partial charge in [0.25, 0.3) is 0 Å². The Hall–Kier alpha value is 0. The van der Waals surface area contributed by atoms with Crippen LogP contribution in [0.2, 0.25) is 0 Å². The van der Waals surface area contributed by atoms with Crippen molar-refractivity contribution < 1.29 is 0 Å². The van der Waals surface area contributed by atoms with Gasteiger partial charge in [-0.3, -0.25) is 0 Å². The molecule has 0 spiro atoms. The van der Waals surface area contributed by atoms with Gasteiger partial charge in [-0.05, 0) is 42.9 Å². The van der Waals surface area contributed by atoms with Crippen LogP contribution < -0.4 is 0 Å². The highest BCUT2D eigenvalue weighted by Crippen LogP contribution is 2.51. The summed E-state index contributed by atoms with van der Waals surface area (Å²) in [7, 11) is 0. The summed E-state index contributed by atoms with van der Waals surface area (Å²) in [6.07, 6.45) is 4.63. The molecule has 0 amide bonds. The van der Waals surface area contributed by atoms with E-state index in [1.54, 1.807) is 6.42 Å². The Kier molecular flexibility index (Phi) is 1.12. The van der Waals surface area contributed by atoms with Gasteiger partial charge < -0.3 is 0 Å². The van der Waals surface area contributed by atoms with Gasteiger partial charge in [-0.15, -0.1) is 0 Å². The lowest BCUT2D eigenvalue weighted by Gasteiger charge is -2.24. The predicted octanol–water partition coefficient (Wildman–Crippen LogP) is 2.69. The molecular weight excluding hydrogens is 108 g/mol. The molecule has 0 aromatic rings. The van der Waals surface area contributed by atoms with Gasteiger partial charge in [0.1, 0.15) is 0 Å². The van der Waals surface area contributed by atoms with Gasteiger partial charge in [0.05, 0.1) is 0 Å². The SMILES string of the molecule is C[C@@H]1[C@H]2CC[C@H](C2)[C@@H]1C. The van der Waals surface area contributed by atoms with Crippen LogP contribution >= 0.6 is 0 Å². The minimum atomic E-state index is 1.05. The normalized spacial score (nSPS) is 56.7. The van der Waals surface area contributed by atoms with Gasteiger partial charge in [0.15, 0.2) is 0 Å². The van der Waals surface area contributed by atoms with Crippen LogP contribution in [0.3, 0.4) is 0 Å². The van der Waals surface area contributed by atoms with E-state index < -0.39 is 0 Å². The fourth-order valence-electron chi connectivity index (χ4n) is 2.87. The molecule has 0 aromatic carbocycles. The standard InChI is InChI=1S/C9H16/c1-6-7(2)9-4-3-8(6)5-9/h6-9H,3-5H2,1-2H3/t6-,7+,8-,9+. The Morgan fingerprint density at radius 3 is 1.56 bits per heavy atom. The van der Waals surface area contributed by atoms with E-state index in [1.165, 1.54) is 12.8 Å². The first kappa shape index (κ1) is 5.76. The van der Waals surface area contributed by atoms with Crippen molar-refractivity contribution in [3.05, 3.63) is 0 Å². The van der Waals surface area contributed by atoms with Gasteiger partial charge in [0, 0.05) is 0 Å². The molecule has 2 bridgehead atoms. The van der Waals surface area contributed by atoms with Crippen LogP contribution in [0.1, 0.15) is 33.1 Å². The van der Waals surface area contributed by atoms with Crippen molar-refractivity contribution in [2.24, 2.45) is 23.7 Å². The van der Waals surface area contributed by atoms with Crippen LogP contribution in [-0.4, -0.2) is 0 Å². The summed E-state index contributed by atoms with van der Waals surface area (Å²) in [6, 6.07) is 0. The molecule has 2 saturated carbocycles. The summed E-state index contributed by atoms with van der Waals surface area (Å²) in [4.78, 5) is 0. The third-order valence-electron chi connectivity index (χ3n) is 3.83. The van der Waals surface area contributed by atoms with E-state index in [9.17, 15) is 0 Å². The second-order valence-electron chi connectivity index (χ2n) is 4.05. The topological polar surface area (TPSA) is 0 Å². The van der Waals surface area contributed by atoms with Crippen LogP contribution in [0.4, 0.5) is 0 Å². The fraction of sp³-hybridized carbons (Fsp3) is 1.00. The Balaban J connectivity index is 2.15. The second kappa shape index (κ2) is 1.74. The van der Waals surface area contributed by atoms with Crippen LogP contribution in [0.25, 0.3) is 0 Å². The number of fused-ring (bicyclic) bond motifs is 2.